The van der Waals surface area contributed by atoms with E-state index in [1.54, 1.807) is 40.0 Å². The Morgan fingerprint density at radius 1 is 1.03 bits per heavy atom. The van der Waals surface area contributed by atoms with E-state index in [4.69, 9.17) is 11.6 Å². The number of amides is 1. The van der Waals surface area contributed by atoms with Crippen LogP contribution in [0.2, 0.25) is 5.02 Å². The lowest BCUT2D eigenvalue weighted by Gasteiger charge is -2.34. The van der Waals surface area contributed by atoms with E-state index in [-0.39, 0.29) is 24.7 Å². The maximum atomic E-state index is 13.2. The summed E-state index contributed by atoms with van der Waals surface area (Å²) >= 11 is 6.11. The second-order valence-corrected chi connectivity index (χ2v) is 10.1. The van der Waals surface area contributed by atoms with Gasteiger partial charge in [0.05, 0.1) is 28.9 Å². The lowest BCUT2D eigenvalue weighted by Crippen LogP contribution is -2.50. The largest absolute Gasteiger partial charge is 0.336 e. The molecular weight excluding hydrogens is 448 g/mol. The Bertz CT molecular complexity index is 1200. The van der Waals surface area contributed by atoms with Crippen molar-refractivity contribution < 1.29 is 13.2 Å². The Morgan fingerprint density at radius 2 is 1.75 bits per heavy atom. The van der Waals surface area contributed by atoms with E-state index >= 15 is 0 Å². The van der Waals surface area contributed by atoms with Gasteiger partial charge in [-0.2, -0.15) is 9.40 Å². The van der Waals surface area contributed by atoms with Crippen LogP contribution < -0.4 is 0 Å². The fourth-order valence-corrected chi connectivity index (χ4v) is 5.64. The smallest absolute Gasteiger partial charge is 0.257 e. The monoisotopic (exact) mass is 472 g/mol. The van der Waals surface area contributed by atoms with E-state index in [0.717, 1.165) is 16.9 Å². The minimum Gasteiger partial charge on any atom is -0.336 e. The first-order valence-corrected chi connectivity index (χ1v) is 12.5. The Morgan fingerprint density at radius 3 is 2.41 bits per heavy atom. The molecule has 32 heavy (non-hydrogen) atoms. The fraction of sp³-hybridized carbons (Fsp3) is 0.304. The zero-order valence-corrected chi connectivity index (χ0v) is 19.4. The van der Waals surface area contributed by atoms with Gasteiger partial charge in [0.2, 0.25) is 10.0 Å². The summed E-state index contributed by atoms with van der Waals surface area (Å²) in [5, 5.41) is 5.02. The van der Waals surface area contributed by atoms with Gasteiger partial charge in [0.25, 0.3) is 5.91 Å². The summed E-state index contributed by atoms with van der Waals surface area (Å²) in [6.07, 6.45) is 2.21. The molecule has 0 saturated carbocycles. The predicted molar refractivity (Wildman–Crippen MR) is 124 cm³/mol. The van der Waals surface area contributed by atoms with Gasteiger partial charge in [0.1, 0.15) is 0 Å². The highest BCUT2D eigenvalue weighted by Crippen LogP contribution is 2.21. The minimum atomic E-state index is -3.43. The molecule has 0 radical (unpaired) electrons. The van der Waals surface area contributed by atoms with Crippen LogP contribution in [0.3, 0.4) is 0 Å². The Hall–Kier alpha value is -2.68. The summed E-state index contributed by atoms with van der Waals surface area (Å²) in [6.45, 7) is 3.23. The molecule has 0 unspecified atom stereocenters. The van der Waals surface area contributed by atoms with Gasteiger partial charge < -0.3 is 4.90 Å². The number of hydrogen-bond acceptors (Lipinski definition) is 4. The first kappa shape index (κ1) is 22.5. The third kappa shape index (κ3) is 4.72. The van der Waals surface area contributed by atoms with Crippen LogP contribution in [-0.2, 0) is 22.2 Å². The van der Waals surface area contributed by atoms with Crippen molar-refractivity contribution in [3.05, 3.63) is 82.6 Å². The second kappa shape index (κ2) is 9.44. The maximum absolute atomic E-state index is 13.2. The van der Waals surface area contributed by atoms with Crippen LogP contribution in [0.5, 0.6) is 0 Å². The summed E-state index contributed by atoms with van der Waals surface area (Å²) in [5.74, 6) is -0.163. The molecule has 1 fully saturated rings. The molecular formula is C23H25ClN4O3S. The molecule has 0 bridgehead atoms. The Kier molecular flexibility index (Phi) is 6.64. The number of sulfonamides is 1. The van der Waals surface area contributed by atoms with E-state index < -0.39 is 10.0 Å². The summed E-state index contributed by atoms with van der Waals surface area (Å²) in [6, 6.07) is 16.5. The van der Waals surface area contributed by atoms with E-state index in [1.165, 1.54) is 4.31 Å². The molecule has 4 rings (SSSR count). The number of hydrogen-bond donors (Lipinski definition) is 0. The molecule has 9 heteroatoms. The van der Waals surface area contributed by atoms with Crippen molar-refractivity contribution in [1.29, 1.82) is 0 Å². The molecule has 2 aromatic carbocycles. The number of nitrogens with zero attached hydrogens (tertiary/aromatic N) is 4. The van der Waals surface area contributed by atoms with Crippen LogP contribution >= 0.6 is 11.6 Å². The fourth-order valence-electron chi connectivity index (χ4n) is 3.94. The molecule has 168 valence electrons. The number of benzene rings is 2. The molecule has 2 heterocycles. The average molecular weight is 473 g/mol. The van der Waals surface area contributed by atoms with Gasteiger partial charge in [0.15, 0.2) is 0 Å². The highest BCUT2D eigenvalue weighted by Gasteiger charge is 2.30. The molecule has 1 aliphatic heterocycles. The standard InChI is InChI=1S/C23H25ClN4O3S/c1-2-22-21(16-25-28(22)20-10-6-9-19(24)15-20)23(29)26-11-13-27(14-12-26)32(30,31)17-18-7-4-3-5-8-18/h3-10,15-16H,2,11-14,17H2,1H3. The molecule has 0 N–H and O–H groups in total. The van der Waals surface area contributed by atoms with Gasteiger partial charge >= 0.3 is 0 Å². The molecule has 3 aromatic rings. The number of halogens is 1. The summed E-state index contributed by atoms with van der Waals surface area (Å²) in [7, 11) is -3.43. The van der Waals surface area contributed by atoms with Crippen molar-refractivity contribution in [2.45, 2.75) is 19.1 Å². The number of aromatic nitrogens is 2. The Labute approximate surface area is 193 Å². The zero-order chi connectivity index (χ0) is 22.7. The van der Waals surface area contributed by atoms with Crippen LogP contribution in [-0.4, -0.2) is 59.5 Å². The SMILES string of the molecule is CCc1c(C(=O)N2CCN(S(=O)(=O)Cc3ccccc3)CC2)cnn1-c1cccc(Cl)c1. The summed E-state index contributed by atoms with van der Waals surface area (Å²) in [4.78, 5) is 14.9. The highest BCUT2D eigenvalue weighted by atomic mass is 35.5. The van der Waals surface area contributed by atoms with Crippen LogP contribution in [0.15, 0.2) is 60.8 Å². The van der Waals surface area contributed by atoms with E-state index in [1.807, 2.05) is 37.3 Å². The van der Waals surface area contributed by atoms with E-state index in [9.17, 15) is 13.2 Å². The predicted octanol–water partition coefficient (Wildman–Crippen LogP) is 3.38. The van der Waals surface area contributed by atoms with Crippen LogP contribution in [0.1, 0.15) is 28.5 Å². The van der Waals surface area contributed by atoms with Crippen molar-refractivity contribution in [3.8, 4) is 5.69 Å². The van der Waals surface area contributed by atoms with Crippen molar-refractivity contribution in [2.24, 2.45) is 0 Å². The Balaban J connectivity index is 1.46. The van der Waals surface area contributed by atoms with Gasteiger partial charge in [-0.15, -0.1) is 0 Å². The lowest BCUT2D eigenvalue weighted by molar-refractivity contribution is 0.0696. The number of carbonyl (C=O) groups excluding carboxylic acids is 1. The quantitative estimate of drug-likeness (QED) is 0.551. The average Bonchev–Trinajstić information content (AvgIpc) is 3.23. The highest BCUT2D eigenvalue weighted by molar-refractivity contribution is 7.88. The van der Waals surface area contributed by atoms with Crippen LogP contribution in [0, 0.1) is 0 Å². The lowest BCUT2D eigenvalue weighted by atomic mass is 10.1. The van der Waals surface area contributed by atoms with Crippen LogP contribution in [0.25, 0.3) is 5.69 Å². The molecule has 0 aliphatic carbocycles. The van der Waals surface area contributed by atoms with E-state index in [2.05, 4.69) is 5.10 Å². The molecule has 1 saturated heterocycles. The third-order valence-electron chi connectivity index (χ3n) is 5.60. The minimum absolute atomic E-state index is 0.0336. The number of piperazine rings is 1. The third-order valence-corrected chi connectivity index (χ3v) is 7.68. The van der Waals surface area contributed by atoms with E-state index in [0.29, 0.717) is 30.1 Å². The molecule has 0 spiro atoms. The van der Waals surface area contributed by atoms with Gasteiger partial charge in [-0.25, -0.2) is 13.1 Å². The van der Waals surface area contributed by atoms with Gasteiger partial charge in [-0.3, -0.25) is 4.79 Å². The normalized spacial score (nSPS) is 15.1. The van der Waals surface area contributed by atoms with Gasteiger partial charge in [0, 0.05) is 31.2 Å². The summed E-state index contributed by atoms with van der Waals surface area (Å²) < 4.78 is 28.8. The second-order valence-electron chi connectivity index (χ2n) is 7.68. The molecule has 1 aromatic heterocycles. The zero-order valence-electron chi connectivity index (χ0n) is 17.8. The molecule has 1 amide bonds. The number of rotatable bonds is 6. The van der Waals surface area contributed by atoms with Crippen molar-refractivity contribution in [2.75, 3.05) is 26.2 Å². The molecule has 0 atom stereocenters. The number of carbonyl (C=O) groups is 1. The van der Waals surface area contributed by atoms with Gasteiger partial charge in [-0.1, -0.05) is 54.9 Å². The first-order chi connectivity index (χ1) is 15.4. The van der Waals surface area contributed by atoms with Crippen molar-refractivity contribution in [1.82, 2.24) is 19.0 Å². The molecule has 1 aliphatic rings. The van der Waals surface area contributed by atoms with Crippen molar-refractivity contribution in [3.63, 3.8) is 0 Å². The molecule has 7 nitrogen and oxygen atoms in total. The van der Waals surface area contributed by atoms with Crippen LogP contribution in [0.4, 0.5) is 0 Å². The summed E-state index contributed by atoms with van der Waals surface area (Å²) in [5.41, 5.74) is 2.89. The topological polar surface area (TPSA) is 75.5 Å². The first-order valence-electron chi connectivity index (χ1n) is 10.5. The van der Waals surface area contributed by atoms with Gasteiger partial charge in [-0.05, 0) is 30.2 Å². The maximum Gasteiger partial charge on any atom is 0.257 e. The van der Waals surface area contributed by atoms with Crippen molar-refractivity contribution >= 4 is 27.5 Å².